The van der Waals surface area contributed by atoms with Gasteiger partial charge in [0.15, 0.2) is 0 Å². The average molecular weight is 276 g/mol. The zero-order valence-electron chi connectivity index (χ0n) is 11.6. The first-order chi connectivity index (χ1) is 9.70. The zero-order chi connectivity index (χ0) is 14.4. The van der Waals surface area contributed by atoms with Crippen LogP contribution in [0.2, 0.25) is 0 Å². The van der Waals surface area contributed by atoms with Crippen molar-refractivity contribution in [1.82, 2.24) is 10.6 Å². The van der Waals surface area contributed by atoms with Crippen LogP contribution in [0.5, 0.6) is 0 Å². The van der Waals surface area contributed by atoms with Crippen LogP contribution in [0.25, 0.3) is 0 Å². The fraction of sp³-hybridized carbons (Fsp3) is 0.467. The summed E-state index contributed by atoms with van der Waals surface area (Å²) in [6.45, 7) is 4.06. The van der Waals surface area contributed by atoms with Crippen molar-refractivity contribution in [2.45, 2.75) is 26.5 Å². The minimum Gasteiger partial charge on any atom is -0.377 e. The van der Waals surface area contributed by atoms with Crippen LogP contribution >= 0.6 is 0 Å². The smallest absolute Gasteiger partial charge is 0.225 e. The molecular formula is C15H20N2O3. The normalized spacial score (nSPS) is 17.9. The first-order valence-electron chi connectivity index (χ1n) is 6.89. The Kier molecular flexibility index (Phi) is 5.12. The highest BCUT2D eigenvalue weighted by molar-refractivity contribution is 5.89. The molecule has 0 radical (unpaired) electrons. The predicted octanol–water partition coefficient (Wildman–Crippen LogP) is 0.975. The fourth-order valence-corrected chi connectivity index (χ4v) is 2.20. The maximum atomic E-state index is 12.0. The van der Waals surface area contributed by atoms with E-state index in [0.29, 0.717) is 26.3 Å². The van der Waals surface area contributed by atoms with Gasteiger partial charge >= 0.3 is 0 Å². The van der Waals surface area contributed by atoms with Gasteiger partial charge in [0.2, 0.25) is 11.8 Å². The summed E-state index contributed by atoms with van der Waals surface area (Å²) < 4.78 is 5.41. The van der Waals surface area contributed by atoms with Crippen molar-refractivity contribution in [2.75, 3.05) is 13.2 Å². The van der Waals surface area contributed by atoms with Gasteiger partial charge in [0.1, 0.15) is 0 Å². The molecule has 1 fully saturated rings. The molecule has 1 aromatic carbocycles. The SMILES string of the molecule is CCOCc1ccccc1CNC(=O)C1CNC(=O)C1. The highest BCUT2D eigenvalue weighted by Gasteiger charge is 2.27. The Balaban J connectivity index is 1.90. The molecule has 2 rings (SSSR count). The molecule has 5 heteroatoms. The van der Waals surface area contributed by atoms with Gasteiger partial charge in [0.25, 0.3) is 0 Å². The zero-order valence-corrected chi connectivity index (χ0v) is 11.6. The lowest BCUT2D eigenvalue weighted by molar-refractivity contribution is -0.126. The number of nitrogens with one attached hydrogen (secondary N) is 2. The quantitative estimate of drug-likeness (QED) is 0.813. The maximum Gasteiger partial charge on any atom is 0.225 e. The van der Waals surface area contributed by atoms with E-state index >= 15 is 0 Å². The molecule has 1 heterocycles. The van der Waals surface area contributed by atoms with Crippen LogP contribution in [0.4, 0.5) is 0 Å². The number of ether oxygens (including phenoxy) is 1. The first kappa shape index (κ1) is 14.5. The Labute approximate surface area is 118 Å². The Morgan fingerprint density at radius 2 is 2.15 bits per heavy atom. The molecular weight excluding hydrogens is 256 g/mol. The van der Waals surface area contributed by atoms with Gasteiger partial charge in [0.05, 0.1) is 12.5 Å². The molecule has 0 spiro atoms. The number of carbonyl (C=O) groups excluding carboxylic acids is 2. The summed E-state index contributed by atoms with van der Waals surface area (Å²) in [6, 6.07) is 7.88. The van der Waals surface area contributed by atoms with Gasteiger partial charge in [-0.05, 0) is 18.1 Å². The lowest BCUT2D eigenvalue weighted by atomic mass is 10.1. The third-order valence-electron chi connectivity index (χ3n) is 3.38. The highest BCUT2D eigenvalue weighted by atomic mass is 16.5. The van der Waals surface area contributed by atoms with Crippen molar-refractivity contribution in [2.24, 2.45) is 5.92 Å². The van der Waals surface area contributed by atoms with Gasteiger partial charge in [0, 0.05) is 26.1 Å². The van der Waals surface area contributed by atoms with Gasteiger partial charge in [-0.3, -0.25) is 9.59 Å². The minimum absolute atomic E-state index is 0.0538. The molecule has 20 heavy (non-hydrogen) atoms. The predicted molar refractivity (Wildman–Crippen MR) is 74.7 cm³/mol. The van der Waals surface area contributed by atoms with Gasteiger partial charge in [-0.15, -0.1) is 0 Å². The van der Waals surface area contributed by atoms with Gasteiger partial charge in [-0.25, -0.2) is 0 Å². The Morgan fingerprint density at radius 1 is 1.40 bits per heavy atom. The molecule has 2 amide bonds. The van der Waals surface area contributed by atoms with E-state index in [-0.39, 0.29) is 24.2 Å². The molecule has 108 valence electrons. The number of rotatable bonds is 6. The summed E-state index contributed by atoms with van der Waals surface area (Å²) in [6.07, 6.45) is 0.284. The summed E-state index contributed by atoms with van der Waals surface area (Å²) in [4.78, 5) is 23.1. The van der Waals surface area contributed by atoms with Crippen LogP contribution in [-0.4, -0.2) is 25.0 Å². The van der Waals surface area contributed by atoms with Gasteiger partial charge < -0.3 is 15.4 Å². The molecule has 2 N–H and O–H groups in total. The van der Waals surface area contributed by atoms with E-state index in [9.17, 15) is 9.59 Å². The molecule has 0 aromatic heterocycles. The number of amides is 2. The molecule has 1 unspecified atom stereocenters. The van der Waals surface area contributed by atoms with E-state index < -0.39 is 0 Å². The molecule has 5 nitrogen and oxygen atoms in total. The summed E-state index contributed by atoms with van der Waals surface area (Å²) in [5.74, 6) is -0.377. The highest BCUT2D eigenvalue weighted by Crippen LogP contribution is 2.12. The van der Waals surface area contributed by atoms with Crippen LogP contribution in [0.15, 0.2) is 24.3 Å². The molecule has 1 saturated heterocycles. The van der Waals surface area contributed by atoms with E-state index in [1.165, 1.54) is 0 Å². The van der Waals surface area contributed by atoms with E-state index in [2.05, 4.69) is 10.6 Å². The van der Waals surface area contributed by atoms with Crippen LogP contribution in [0, 0.1) is 5.92 Å². The summed E-state index contributed by atoms with van der Waals surface area (Å²) in [5.41, 5.74) is 2.13. The molecule has 0 aliphatic carbocycles. The lowest BCUT2D eigenvalue weighted by Gasteiger charge is -2.12. The standard InChI is InChI=1S/C15H20N2O3/c1-2-20-10-12-6-4-3-5-11(12)8-17-15(19)13-7-14(18)16-9-13/h3-6,13H,2,7-10H2,1H3,(H,16,18)(H,17,19). The van der Waals surface area contributed by atoms with E-state index in [1.807, 2.05) is 31.2 Å². The van der Waals surface area contributed by atoms with Crippen molar-refractivity contribution in [3.8, 4) is 0 Å². The second-order valence-corrected chi connectivity index (χ2v) is 4.83. The fourth-order valence-electron chi connectivity index (χ4n) is 2.20. The van der Waals surface area contributed by atoms with Crippen LogP contribution in [0.1, 0.15) is 24.5 Å². The number of hydrogen-bond donors (Lipinski definition) is 2. The first-order valence-corrected chi connectivity index (χ1v) is 6.89. The molecule has 1 aliphatic rings. The third kappa shape index (κ3) is 3.81. The summed E-state index contributed by atoms with van der Waals surface area (Å²) in [7, 11) is 0. The number of carbonyl (C=O) groups is 2. The maximum absolute atomic E-state index is 12.0. The minimum atomic E-state index is -0.249. The average Bonchev–Trinajstić information content (AvgIpc) is 2.90. The van der Waals surface area contributed by atoms with Crippen molar-refractivity contribution >= 4 is 11.8 Å². The lowest BCUT2D eigenvalue weighted by Crippen LogP contribution is -2.31. The third-order valence-corrected chi connectivity index (χ3v) is 3.38. The monoisotopic (exact) mass is 276 g/mol. The van der Waals surface area contributed by atoms with Crippen molar-refractivity contribution in [1.29, 1.82) is 0 Å². The summed E-state index contributed by atoms with van der Waals surface area (Å²) >= 11 is 0. The molecule has 1 atom stereocenters. The van der Waals surface area contributed by atoms with Crippen molar-refractivity contribution in [3.63, 3.8) is 0 Å². The van der Waals surface area contributed by atoms with E-state index in [0.717, 1.165) is 11.1 Å². The number of hydrogen-bond acceptors (Lipinski definition) is 3. The molecule has 0 bridgehead atoms. The molecule has 1 aromatic rings. The topological polar surface area (TPSA) is 67.4 Å². The van der Waals surface area contributed by atoms with Crippen LogP contribution in [0.3, 0.4) is 0 Å². The Bertz CT molecular complexity index is 488. The Morgan fingerprint density at radius 3 is 2.80 bits per heavy atom. The van der Waals surface area contributed by atoms with E-state index in [1.54, 1.807) is 0 Å². The largest absolute Gasteiger partial charge is 0.377 e. The number of benzene rings is 1. The van der Waals surface area contributed by atoms with Crippen LogP contribution < -0.4 is 10.6 Å². The van der Waals surface area contributed by atoms with Crippen molar-refractivity contribution < 1.29 is 14.3 Å². The molecule has 0 saturated carbocycles. The van der Waals surface area contributed by atoms with Gasteiger partial charge in [-0.1, -0.05) is 24.3 Å². The van der Waals surface area contributed by atoms with E-state index in [4.69, 9.17) is 4.74 Å². The Hall–Kier alpha value is -1.88. The second-order valence-electron chi connectivity index (χ2n) is 4.83. The summed E-state index contributed by atoms with van der Waals surface area (Å²) in [5, 5.41) is 5.56. The van der Waals surface area contributed by atoms with Crippen LogP contribution in [-0.2, 0) is 27.5 Å². The second kappa shape index (κ2) is 7.05. The van der Waals surface area contributed by atoms with Gasteiger partial charge in [-0.2, -0.15) is 0 Å². The molecule has 1 aliphatic heterocycles. The van der Waals surface area contributed by atoms with Crippen molar-refractivity contribution in [3.05, 3.63) is 35.4 Å².